The van der Waals surface area contributed by atoms with E-state index in [0.717, 1.165) is 18.4 Å². The molecule has 2 amide bonds. The SMILES string of the molecule is CC.CC.CCOc1ccc(CCC(=O)NC(Cc2ccc(OC(=O)CCC(C)=O)cc2)C(=O)NC2C(O)OC(C)C(O)C2O)cc1.CO. The summed E-state index contributed by atoms with van der Waals surface area (Å²) in [5.41, 5.74) is 1.52. The first kappa shape index (κ1) is 45.1. The first-order valence-electron chi connectivity index (χ1n) is 16.7. The number of hydrogen-bond donors (Lipinski definition) is 6. The van der Waals surface area contributed by atoms with Gasteiger partial charge in [0.15, 0.2) is 6.29 Å². The number of benzene rings is 2. The lowest BCUT2D eigenvalue weighted by Gasteiger charge is -2.40. The standard InChI is InChI=1S/C31H40N2O10.2C2H6.CH4O/c1-4-41-22-11-6-20(7-12-22)10-15-25(35)32-24(30(39)33-27-29(38)28(37)19(3)42-31(27)40)17-21-8-13-23(14-9-21)43-26(36)16-5-18(2)34;3*1-2/h6-9,11-14,19,24,27-29,31,37-38,40H,4-5,10,15-17H2,1-3H3,(H,32,35)(H,33,39);2*1-2H3;2H,1H3. The Balaban J connectivity index is 0.00000363. The lowest BCUT2D eigenvalue weighted by molar-refractivity contribution is -0.242. The quantitative estimate of drug-likeness (QED) is 0.126. The third-order valence-corrected chi connectivity index (χ3v) is 6.97. The summed E-state index contributed by atoms with van der Waals surface area (Å²) in [7, 11) is 1.00. The van der Waals surface area contributed by atoms with E-state index in [1.165, 1.54) is 26.0 Å². The summed E-state index contributed by atoms with van der Waals surface area (Å²) >= 11 is 0. The van der Waals surface area contributed by atoms with Crippen LogP contribution >= 0.6 is 0 Å². The highest BCUT2D eigenvalue weighted by molar-refractivity contribution is 5.88. The zero-order chi connectivity index (χ0) is 37.5. The van der Waals surface area contributed by atoms with E-state index in [0.29, 0.717) is 18.6 Å². The highest BCUT2D eigenvalue weighted by atomic mass is 16.6. The molecular weight excluding hydrogens is 636 g/mol. The van der Waals surface area contributed by atoms with E-state index in [1.54, 1.807) is 12.1 Å². The number of rotatable bonds is 14. The van der Waals surface area contributed by atoms with Gasteiger partial charge in [-0.25, -0.2) is 0 Å². The molecule has 49 heavy (non-hydrogen) atoms. The number of hydrogen-bond acceptors (Lipinski definition) is 11. The van der Waals surface area contributed by atoms with Crippen LogP contribution in [0.3, 0.4) is 0 Å². The number of aryl methyl sites for hydroxylation is 1. The van der Waals surface area contributed by atoms with E-state index in [4.69, 9.17) is 19.3 Å². The molecule has 1 fully saturated rings. The van der Waals surface area contributed by atoms with Crippen LogP contribution in [0.25, 0.3) is 0 Å². The predicted molar refractivity (Wildman–Crippen MR) is 185 cm³/mol. The Kier molecular flexibility index (Phi) is 23.2. The Morgan fingerprint density at radius 3 is 1.92 bits per heavy atom. The lowest BCUT2D eigenvalue weighted by atomic mass is 9.96. The molecule has 0 aromatic heterocycles. The molecule has 1 aliphatic heterocycles. The van der Waals surface area contributed by atoms with Crippen molar-refractivity contribution in [1.29, 1.82) is 0 Å². The van der Waals surface area contributed by atoms with Gasteiger partial charge >= 0.3 is 5.97 Å². The third kappa shape index (κ3) is 16.4. The fourth-order valence-corrected chi connectivity index (χ4v) is 4.51. The monoisotopic (exact) mass is 692 g/mol. The summed E-state index contributed by atoms with van der Waals surface area (Å²) in [4.78, 5) is 49.3. The summed E-state index contributed by atoms with van der Waals surface area (Å²) in [6.07, 6.45) is -4.73. The van der Waals surface area contributed by atoms with Crippen molar-refractivity contribution in [2.75, 3.05) is 13.7 Å². The van der Waals surface area contributed by atoms with Crippen molar-refractivity contribution < 1.29 is 53.8 Å². The number of aliphatic hydroxyl groups is 4. The van der Waals surface area contributed by atoms with Gasteiger partial charge < -0.3 is 50.1 Å². The van der Waals surface area contributed by atoms with E-state index in [9.17, 15) is 34.5 Å². The number of nitrogens with one attached hydrogen (secondary N) is 2. The van der Waals surface area contributed by atoms with Gasteiger partial charge in [-0.1, -0.05) is 52.0 Å². The van der Waals surface area contributed by atoms with Crippen LogP contribution in [-0.2, 0) is 36.8 Å². The minimum atomic E-state index is -1.58. The van der Waals surface area contributed by atoms with Gasteiger partial charge in [0.25, 0.3) is 0 Å². The van der Waals surface area contributed by atoms with E-state index in [2.05, 4.69) is 10.6 Å². The smallest absolute Gasteiger partial charge is 0.311 e. The second-order valence-electron chi connectivity index (χ2n) is 10.5. The number of esters is 1. The molecule has 1 aliphatic rings. The Bertz CT molecular complexity index is 1240. The van der Waals surface area contributed by atoms with Gasteiger partial charge in [-0.2, -0.15) is 0 Å². The second-order valence-corrected chi connectivity index (χ2v) is 10.5. The summed E-state index contributed by atoms with van der Waals surface area (Å²) < 4.78 is 15.9. The van der Waals surface area contributed by atoms with Crippen LogP contribution in [0, 0.1) is 0 Å². The van der Waals surface area contributed by atoms with Crippen LogP contribution in [0.1, 0.15) is 78.9 Å². The van der Waals surface area contributed by atoms with Crippen LogP contribution < -0.4 is 20.1 Å². The van der Waals surface area contributed by atoms with Crippen molar-refractivity contribution in [3.63, 3.8) is 0 Å². The van der Waals surface area contributed by atoms with Crippen LogP contribution in [0.4, 0.5) is 0 Å². The third-order valence-electron chi connectivity index (χ3n) is 6.97. The molecule has 1 heterocycles. The number of carbonyl (C=O) groups is 4. The summed E-state index contributed by atoms with van der Waals surface area (Å²) in [6, 6.07) is 11.2. The molecule has 0 radical (unpaired) electrons. The fourth-order valence-electron chi connectivity index (χ4n) is 4.51. The van der Waals surface area contributed by atoms with Crippen molar-refractivity contribution in [1.82, 2.24) is 10.6 Å². The van der Waals surface area contributed by atoms with Crippen molar-refractivity contribution in [3.8, 4) is 11.5 Å². The Hall–Kier alpha value is -3.88. The van der Waals surface area contributed by atoms with E-state index in [1.807, 2.05) is 58.9 Å². The van der Waals surface area contributed by atoms with Gasteiger partial charge in [-0.15, -0.1) is 0 Å². The average Bonchev–Trinajstić information content (AvgIpc) is 3.11. The Labute approximate surface area is 290 Å². The minimum absolute atomic E-state index is 0.0257. The molecule has 6 N–H and O–H groups in total. The maximum atomic E-state index is 13.3. The minimum Gasteiger partial charge on any atom is -0.494 e. The van der Waals surface area contributed by atoms with Crippen molar-refractivity contribution in [2.45, 2.75) is 117 Å². The number of amides is 2. The number of carbonyl (C=O) groups excluding carboxylic acids is 4. The molecule has 276 valence electrons. The van der Waals surface area contributed by atoms with Crippen LogP contribution in [0.15, 0.2) is 48.5 Å². The van der Waals surface area contributed by atoms with Crippen molar-refractivity contribution >= 4 is 23.6 Å². The molecule has 2 aromatic rings. The van der Waals surface area contributed by atoms with Gasteiger partial charge in [0.1, 0.15) is 41.6 Å². The normalized spacial score (nSPS) is 19.9. The zero-order valence-corrected chi connectivity index (χ0v) is 30.0. The molecule has 0 bridgehead atoms. The summed E-state index contributed by atoms with van der Waals surface area (Å²) in [6.45, 7) is 13.3. The Morgan fingerprint density at radius 1 is 0.816 bits per heavy atom. The van der Waals surface area contributed by atoms with Gasteiger partial charge in [-0.05, 0) is 62.6 Å². The number of aliphatic hydroxyl groups excluding tert-OH is 4. The molecular formula is C36H56N2O11. The second kappa shape index (κ2) is 25.1. The van der Waals surface area contributed by atoms with Gasteiger partial charge in [-0.3, -0.25) is 14.4 Å². The molecule has 3 rings (SSSR count). The van der Waals surface area contributed by atoms with Crippen LogP contribution in [-0.4, -0.2) is 94.4 Å². The topological polar surface area (TPSA) is 201 Å². The maximum absolute atomic E-state index is 13.3. The average molecular weight is 693 g/mol. The van der Waals surface area contributed by atoms with Gasteiger partial charge in [0.2, 0.25) is 11.8 Å². The van der Waals surface area contributed by atoms with Crippen LogP contribution in [0.2, 0.25) is 0 Å². The van der Waals surface area contributed by atoms with E-state index in [-0.39, 0.29) is 37.2 Å². The summed E-state index contributed by atoms with van der Waals surface area (Å²) in [5, 5.41) is 43.1. The number of ketones is 1. The lowest BCUT2D eigenvalue weighted by Crippen LogP contribution is -2.64. The highest BCUT2D eigenvalue weighted by Gasteiger charge is 2.43. The summed E-state index contributed by atoms with van der Waals surface area (Å²) in [5.74, 6) is -0.807. The van der Waals surface area contributed by atoms with E-state index >= 15 is 0 Å². The van der Waals surface area contributed by atoms with Gasteiger partial charge in [0, 0.05) is 26.4 Å². The molecule has 0 spiro atoms. The van der Waals surface area contributed by atoms with E-state index < -0.39 is 54.5 Å². The first-order valence-corrected chi connectivity index (χ1v) is 16.7. The molecule has 13 heteroatoms. The molecule has 0 saturated carbocycles. The molecule has 2 aromatic carbocycles. The molecule has 6 atom stereocenters. The van der Waals surface area contributed by atoms with Crippen molar-refractivity contribution in [2.24, 2.45) is 0 Å². The highest BCUT2D eigenvalue weighted by Crippen LogP contribution is 2.20. The first-order chi connectivity index (χ1) is 23.5. The largest absolute Gasteiger partial charge is 0.494 e. The number of Topliss-reactive ketones (excluding diaryl/α,β-unsaturated/α-hetero) is 1. The molecule has 13 nitrogen and oxygen atoms in total. The van der Waals surface area contributed by atoms with Crippen LogP contribution in [0.5, 0.6) is 11.5 Å². The molecule has 6 unspecified atom stereocenters. The van der Waals surface area contributed by atoms with Gasteiger partial charge in [0.05, 0.1) is 19.1 Å². The van der Waals surface area contributed by atoms with Crippen molar-refractivity contribution in [3.05, 3.63) is 59.7 Å². The predicted octanol–water partition coefficient (Wildman–Crippen LogP) is 2.62. The molecule has 1 saturated heterocycles. The number of ether oxygens (including phenoxy) is 3. The Morgan fingerprint density at radius 2 is 1.37 bits per heavy atom. The molecule has 0 aliphatic carbocycles. The zero-order valence-electron chi connectivity index (χ0n) is 30.0. The fraction of sp³-hybridized carbons (Fsp3) is 0.556. The maximum Gasteiger partial charge on any atom is 0.311 e.